The largest absolute Gasteiger partial charge is 0.454 e. The van der Waals surface area contributed by atoms with Gasteiger partial charge in [0.2, 0.25) is 0 Å². The number of carbonyl (C=O) groups is 2. The minimum Gasteiger partial charge on any atom is -0.454 e. The molecule has 8 aromatic heterocycles. The first-order valence-corrected chi connectivity index (χ1v) is 38.0. The van der Waals surface area contributed by atoms with Gasteiger partial charge in [0, 0.05) is 52.1 Å². The molecule has 6 nitrogen and oxygen atoms in total. The van der Waals surface area contributed by atoms with Crippen molar-refractivity contribution in [2.24, 2.45) is 11.8 Å². The summed E-state index contributed by atoms with van der Waals surface area (Å²) in [7, 11) is 0. The van der Waals surface area contributed by atoms with Gasteiger partial charge in [-0.05, 0) is 176 Å². The molecule has 2 aliphatic rings. The summed E-state index contributed by atoms with van der Waals surface area (Å²) in [4.78, 5) is 47.8. The summed E-state index contributed by atoms with van der Waals surface area (Å²) in [6, 6.07) is 26.8. The Hall–Kier alpha value is -4.82. The first kappa shape index (κ1) is 64.2. The monoisotopic (exact) mass is 1260 g/mol. The average molecular weight is 1270 g/mol. The predicted molar refractivity (Wildman–Crippen MR) is 374 cm³/mol. The van der Waals surface area contributed by atoms with Crippen LogP contribution in [-0.4, -0.2) is 34.7 Å². The summed E-state index contributed by atoms with van der Waals surface area (Å²) in [5.74, 6) is 2.71. The van der Waals surface area contributed by atoms with E-state index >= 15 is 9.59 Å². The number of unbranched alkanes of at least 4 members (excludes halogenated alkanes) is 12. The Morgan fingerprint density at radius 2 is 0.826 bits per heavy atom. The van der Waals surface area contributed by atoms with Crippen molar-refractivity contribution in [3.63, 3.8) is 0 Å². The summed E-state index contributed by atoms with van der Waals surface area (Å²) in [6.45, 7) is 18.9. The molecule has 2 unspecified atom stereocenters. The van der Waals surface area contributed by atoms with Gasteiger partial charge >= 0.3 is 0 Å². The van der Waals surface area contributed by atoms with Crippen molar-refractivity contribution in [3.8, 4) is 60.3 Å². The van der Waals surface area contributed by atoms with Crippen molar-refractivity contribution < 1.29 is 18.4 Å². The van der Waals surface area contributed by atoms with Crippen LogP contribution in [0.5, 0.6) is 0 Å². The van der Waals surface area contributed by atoms with E-state index < -0.39 is 0 Å². The smallest absolute Gasteiger partial charge is 0.261 e. The second kappa shape index (κ2) is 31.1. The number of fused-ring (bicyclic) bond motifs is 1. The van der Waals surface area contributed by atoms with Crippen LogP contribution < -0.4 is 0 Å². The molecule has 0 aromatic carbocycles. The SMILES string of the molecule is CCCCCCc1cc(-c2ccc(C3=C4C(=O)N(CC(C)CCC)C(c5ccc(-c6cc(CCCCCC)c(-c7ccc(-c8cc(CCCCCC)c(-c9sccc9CCCCCC)s8)s7)s6)o5)=C4C(=O)N3CC(C)CCC)o2)sc1-c1cccs1. The van der Waals surface area contributed by atoms with Gasteiger partial charge in [-0.1, -0.05) is 151 Å². The number of aryl methyl sites for hydroxylation is 4. The van der Waals surface area contributed by atoms with E-state index in [0.29, 0.717) is 47.2 Å². The number of nitrogens with zero attached hydrogens (tertiary/aromatic N) is 2. The molecule has 0 aliphatic carbocycles. The van der Waals surface area contributed by atoms with Gasteiger partial charge in [-0.15, -0.1) is 68.0 Å². The van der Waals surface area contributed by atoms with Crippen LogP contribution in [0, 0.1) is 11.8 Å². The van der Waals surface area contributed by atoms with Gasteiger partial charge in [0.15, 0.2) is 11.5 Å². The van der Waals surface area contributed by atoms with E-state index in [1.165, 1.54) is 151 Å². The first-order chi connectivity index (χ1) is 42.1. The van der Waals surface area contributed by atoms with Crippen molar-refractivity contribution in [1.82, 2.24) is 9.80 Å². The maximum atomic E-state index is 15.5. The molecular weight excluding hydrogens is 1170 g/mol. The molecule has 0 fully saturated rings. The van der Waals surface area contributed by atoms with E-state index in [9.17, 15) is 0 Å². The molecule has 12 heteroatoms. The van der Waals surface area contributed by atoms with Crippen molar-refractivity contribution >= 4 is 91.2 Å². The molecule has 2 amide bonds. The molecule has 10 rings (SSSR count). The molecule has 0 bridgehead atoms. The van der Waals surface area contributed by atoms with Crippen molar-refractivity contribution in [1.29, 1.82) is 0 Å². The molecule has 458 valence electrons. The number of rotatable bonds is 36. The zero-order valence-corrected chi connectivity index (χ0v) is 57.5. The van der Waals surface area contributed by atoms with E-state index in [4.69, 9.17) is 8.83 Å². The molecule has 2 atom stereocenters. The summed E-state index contributed by atoms with van der Waals surface area (Å²) >= 11 is 11.2. The van der Waals surface area contributed by atoms with Gasteiger partial charge in [-0.2, -0.15) is 0 Å². The van der Waals surface area contributed by atoms with Crippen LogP contribution in [0.1, 0.15) is 218 Å². The van der Waals surface area contributed by atoms with Gasteiger partial charge < -0.3 is 18.6 Å². The molecule has 0 saturated carbocycles. The van der Waals surface area contributed by atoms with Crippen LogP contribution in [0.4, 0.5) is 0 Å². The fourth-order valence-electron chi connectivity index (χ4n) is 12.8. The average Bonchev–Trinajstić information content (AvgIpc) is 1.58. The highest BCUT2D eigenvalue weighted by molar-refractivity contribution is 7.29. The van der Waals surface area contributed by atoms with Gasteiger partial charge in [-0.3, -0.25) is 9.59 Å². The summed E-state index contributed by atoms with van der Waals surface area (Å²) in [6.07, 6.45) is 28.0. The highest BCUT2D eigenvalue weighted by Crippen LogP contribution is 2.52. The van der Waals surface area contributed by atoms with Crippen LogP contribution >= 0.6 is 68.0 Å². The van der Waals surface area contributed by atoms with Gasteiger partial charge in [0.1, 0.15) is 22.9 Å². The van der Waals surface area contributed by atoms with Gasteiger partial charge in [0.05, 0.1) is 20.9 Å². The first-order valence-electron chi connectivity index (χ1n) is 33.0. The minimum absolute atomic E-state index is 0.158. The molecular formula is C74H92N2O4S6. The summed E-state index contributed by atoms with van der Waals surface area (Å²) < 4.78 is 14.0. The van der Waals surface area contributed by atoms with E-state index in [1.54, 1.807) is 22.7 Å². The number of furan rings is 2. The normalized spacial score (nSPS) is 14.4. The second-order valence-corrected chi connectivity index (χ2v) is 30.6. The molecule has 0 saturated heterocycles. The number of amides is 2. The molecule has 0 N–H and O–H groups in total. The summed E-state index contributed by atoms with van der Waals surface area (Å²) in [5.41, 5.74) is 7.77. The van der Waals surface area contributed by atoms with Crippen LogP contribution in [0.2, 0.25) is 0 Å². The Kier molecular flexibility index (Phi) is 23.2. The number of hydrogen-bond donors (Lipinski definition) is 0. The maximum Gasteiger partial charge on any atom is 0.261 e. The molecule has 0 spiro atoms. The molecule has 0 radical (unpaired) electrons. The van der Waals surface area contributed by atoms with Crippen LogP contribution in [0.15, 0.2) is 104 Å². The van der Waals surface area contributed by atoms with Crippen LogP contribution in [0.25, 0.3) is 71.7 Å². The highest BCUT2D eigenvalue weighted by Gasteiger charge is 2.51. The Labute approximate surface area is 538 Å². The molecule has 10 heterocycles. The lowest BCUT2D eigenvalue weighted by molar-refractivity contribution is -0.124. The van der Waals surface area contributed by atoms with Gasteiger partial charge in [-0.25, -0.2) is 0 Å². The lowest BCUT2D eigenvalue weighted by atomic mass is 10.0. The zero-order chi connectivity index (χ0) is 60.1. The number of hydrogen-bond acceptors (Lipinski definition) is 10. The van der Waals surface area contributed by atoms with Crippen LogP contribution in [0.3, 0.4) is 0 Å². The van der Waals surface area contributed by atoms with Crippen molar-refractivity contribution in [3.05, 3.63) is 128 Å². The number of thiophene rings is 6. The lowest BCUT2D eigenvalue weighted by Gasteiger charge is -2.27. The fraction of sp³-hybridized carbons (Fsp3) is 0.486. The van der Waals surface area contributed by atoms with E-state index in [2.05, 4.69) is 121 Å². The topological polar surface area (TPSA) is 66.9 Å². The summed E-state index contributed by atoms with van der Waals surface area (Å²) in [5, 5.41) is 4.47. The standard InChI is InChI=1S/C74H92N2O4S6/c1-9-15-19-23-30-51-41-43-82-71(51)72-54(33-26-22-18-12-4)46-64(86-72)59-39-40-61(83-59)70-53(32-25-21-17-11-3)45-63(85-70)56-36-38-58(80-56)68-66-65(73(77)76(68)48-50(8)29-14-6)67(75(74(66)78)47-49(7)28-13-5)57-37-35-55(79-57)62-44-52(31-24-20-16-10-2)69(84-62)60-34-27-42-81-60/h27,34-46,49-50H,9-26,28-33,47-48H2,1-8H3. The third-order valence-corrected chi connectivity index (χ3v) is 24.5. The molecule has 2 aliphatic heterocycles. The minimum atomic E-state index is -0.158. The quantitative estimate of drug-likeness (QED) is 0.0367. The van der Waals surface area contributed by atoms with Crippen LogP contribution in [-0.2, 0) is 35.3 Å². The maximum absolute atomic E-state index is 15.5. The third kappa shape index (κ3) is 14.7. The Morgan fingerprint density at radius 3 is 1.30 bits per heavy atom. The Morgan fingerprint density at radius 1 is 0.384 bits per heavy atom. The number of carbonyl (C=O) groups excluding carboxylic acids is 2. The van der Waals surface area contributed by atoms with E-state index in [1.807, 2.05) is 73.3 Å². The van der Waals surface area contributed by atoms with E-state index in [0.717, 1.165) is 85.5 Å². The molecule has 8 aromatic rings. The van der Waals surface area contributed by atoms with Crippen molar-refractivity contribution in [2.75, 3.05) is 13.1 Å². The lowest BCUT2D eigenvalue weighted by Crippen LogP contribution is -2.34. The molecule has 86 heavy (non-hydrogen) atoms. The Bertz CT molecular complexity index is 3540. The predicted octanol–water partition coefficient (Wildman–Crippen LogP) is 24.4. The van der Waals surface area contributed by atoms with E-state index in [-0.39, 0.29) is 23.7 Å². The van der Waals surface area contributed by atoms with Crippen molar-refractivity contribution in [2.45, 2.75) is 209 Å². The fourth-order valence-corrected chi connectivity index (χ4v) is 19.6. The third-order valence-electron chi connectivity index (χ3n) is 17.3. The zero-order valence-electron chi connectivity index (χ0n) is 52.6. The highest BCUT2D eigenvalue weighted by atomic mass is 32.1. The van der Waals surface area contributed by atoms with Gasteiger partial charge in [0.25, 0.3) is 11.8 Å². The second-order valence-electron chi connectivity index (χ2n) is 24.4. The Balaban J connectivity index is 1.01.